The number of aromatic nitrogens is 1. The van der Waals surface area contributed by atoms with Gasteiger partial charge in [-0.1, -0.05) is 11.6 Å². The van der Waals surface area contributed by atoms with Crippen LogP contribution in [0.25, 0.3) is 0 Å². The van der Waals surface area contributed by atoms with Crippen LogP contribution in [0.2, 0.25) is 5.15 Å². The lowest BCUT2D eigenvalue weighted by Crippen LogP contribution is -2.45. The van der Waals surface area contributed by atoms with Crippen LogP contribution < -0.4 is 10.0 Å². The first-order valence-electron chi connectivity index (χ1n) is 5.88. The quantitative estimate of drug-likeness (QED) is 0.524. The highest BCUT2D eigenvalue weighted by Gasteiger charge is 2.24. The number of carbonyl (C=O) groups is 1. The van der Waals surface area contributed by atoms with Crippen molar-refractivity contribution in [1.29, 1.82) is 0 Å². The molecule has 0 bridgehead atoms. The van der Waals surface area contributed by atoms with Gasteiger partial charge in [0, 0.05) is 24.3 Å². The summed E-state index contributed by atoms with van der Waals surface area (Å²) in [6.07, 6.45) is 1.38. The van der Waals surface area contributed by atoms with Crippen LogP contribution in [0.4, 0.5) is 0 Å². The van der Waals surface area contributed by atoms with E-state index in [4.69, 9.17) is 16.3 Å². The van der Waals surface area contributed by atoms with Crippen LogP contribution in [-0.2, 0) is 19.6 Å². The Balaban J connectivity index is 2.80. The molecule has 0 spiro atoms. The van der Waals surface area contributed by atoms with Crippen LogP contribution in [0, 0.1) is 0 Å². The summed E-state index contributed by atoms with van der Waals surface area (Å²) in [7, 11) is -2.45. The average molecular weight is 401 g/mol. The minimum absolute atomic E-state index is 0.169. The van der Waals surface area contributed by atoms with E-state index in [9.17, 15) is 13.2 Å². The Bertz CT molecular complexity index is 611. The van der Waals surface area contributed by atoms with Gasteiger partial charge >= 0.3 is 0 Å². The van der Waals surface area contributed by atoms with Crippen molar-refractivity contribution in [1.82, 2.24) is 15.0 Å². The number of carbonyl (C=O) groups excluding carboxylic acids is 1. The van der Waals surface area contributed by atoms with Crippen LogP contribution in [0.15, 0.2) is 21.6 Å². The van der Waals surface area contributed by atoms with Gasteiger partial charge in [0.05, 0.1) is 12.6 Å². The van der Waals surface area contributed by atoms with Crippen molar-refractivity contribution in [3.8, 4) is 0 Å². The van der Waals surface area contributed by atoms with Gasteiger partial charge in [-0.25, -0.2) is 13.4 Å². The lowest BCUT2D eigenvalue weighted by molar-refractivity contribution is -0.122. The van der Waals surface area contributed by atoms with Crippen molar-refractivity contribution in [2.24, 2.45) is 0 Å². The normalized spacial score (nSPS) is 13.0. The monoisotopic (exact) mass is 399 g/mol. The average Bonchev–Trinajstić information content (AvgIpc) is 2.41. The van der Waals surface area contributed by atoms with E-state index in [0.29, 0.717) is 17.6 Å². The van der Waals surface area contributed by atoms with Gasteiger partial charge in [0.2, 0.25) is 15.9 Å². The summed E-state index contributed by atoms with van der Waals surface area (Å²) in [6.45, 7) is 2.06. The van der Waals surface area contributed by atoms with Gasteiger partial charge in [0.1, 0.15) is 10.0 Å². The van der Waals surface area contributed by atoms with E-state index in [1.807, 2.05) is 0 Å². The van der Waals surface area contributed by atoms with Crippen LogP contribution in [0.3, 0.4) is 0 Å². The van der Waals surface area contributed by atoms with E-state index >= 15 is 0 Å². The summed E-state index contributed by atoms with van der Waals surface area (Å²) < 4.78 is 31.9. The molecule has 1 aromatic rings. The van der Waals surface area contributed by atoms with E-state index in [1.165, 1.54) is 26.3 Å². The first-order chi connectivity index (χ1) is 9.77. The Morgan fingerprint density at radius 2 is 2.24 bits per heavy atom. The molecule has 0 saturated carbocycles. The molecule has 7 nitrogen and oxygen atoms in total. The zero-order valence-electron chi connectivity index (χ0n) is 11.4. The minimum atomic E-state index is -3.95. The van der Waals surface area contributed by atoms with Crippen molar-refractivity contribution in [2.45, 2.75) is 17.9 Å². The lowest BCUT2D eigenvalue weighted by Gasteiger charge is -2.14. The number of methoxy groups -OCH3 is 1. The topological polar surface area (TPSA) is 97.4 Å². The summed E-state index contributed by atoms with van der Waals surface area (Å²) in [6, 6.07) is 0.356. The first-order valence-corrected chi connectivity index (χ1v) is 8.53. The number of nitrogens with one attached hydrogen (secondary N) is 2. The second-order valence-corrected chi connectivity index (χ2v) is 7.03. The molecule has 1 heterocycles. The molecule has 1 amide bonds. The largest absolute Gasteiger partial charge is 0.383 e. The van der Waals surface area contributed by atoms with Gasteiger partial charge in [-0.05, 0) is 28.9 Å². The number of sulfonamides is 1. The Labute approximate surface area is 136 Å². The Morgan fingerprint density at radius 1 is 1.57 bits per heavy atom. The molecule has 0 fully saturated rings. The van der Waals surface area contributed by atoms with E-state index in [1.54, 1.807) is 0 Å². The van der Waals surface area contributed by atoms with Crippen molar-refractivity contribution in [2.75, 3.05) is 20.3 Å². The lowest BCUT2D eigenvalue weighted by atomic mass is 10.3. The molecule has 118 valence electrons. The second-order valence-electron chi connectivity index (χ2n) is 4.07. The highest BCUT2D eigenvalue weighted by atomic mass is 79.9. The highest BCUT2D eigenvalue weighted by molar-refractivity contribution is 9.10. The smallest absolute Gasteiger partial charge is 0.244 e. The molecule has 0 aliphatic carbocycles. The number of halogens is 2. The maximum Gasteiger partial charge on any atom is 0.244 e. The fraction of sp³-hybridized carbons (Fsp3) is 0.455. The molecule has 1 aromatic heterocycles. The van der Waals surface area contributed by atoms with E-state index < -0.39 is 22.0 Å². The number of hydrogen-bond donors (Lipinski definition) is 2. The molecule has 0 saturated heterocycles. The molecule has 0 aliphatic heterocycles. The third-order valence-corrected chi connectivity index (χ3v) is 4.79. The molecular formula is C11H15BrClN3O4S. The molecule has 1 rings (SSSR count). The van der Waals surface area contributed by atoms with Crippen LogP contribution >= 0.6 is 27.5 Å². The summed E-state index contributed by atoms with van der Waals surface area (Å²) >= 11 is 8.90. The molecule has 21 heavy (non-hydrogen) atoms. The number of amides is 1. The van der Waals surface area contributed by atoms with E-state index in [2.05, 4.69) is 31.0 Å². The molecule has 10 heteroatoms. The van der Waals surface area contributed by atoms with Crippen LogP contribution in [0.5, 0.6) is 0 Å². The van der Waals surface area contributed by atoms with Gasteiger partial charge in [-0.15, -0.1) is 0 Å². The number of nitrogens with zero attached hydrogens (tertiary/aromatic N) is 1. The summed E-state index contributed by atoms with van der Waals surface area (Å²) in [5, 5.41) is 2.37. The fourth-order valence-electron chi connectivity index (χ4n) is 1.37. The molecule has 0 aromatic carbocycles. The zero-order chi connectivity index (χ0) is 16.0. The zero-order valence-corrected chi connectivity index (χ0v) is 14.5. The Hall–Kier alpha value is -0.740. The van der Waals surface area contributed by atoms with Gasteiger partial charge < -0.3 is 10.1 Å². The maximum absolute atomic E-state index is 12.2. The molecule has 0 aliphatic rings. The fourth-order valence-corrected chi connectivity index (χ4v) is 3.52. The van der Waals surface area contributed by atoms with Gasteiger partial charge in [0.15, 0.2) is 0 Å². The minimum Gasteiger partial charge on any atom is -0.383 e. The Kier molecular flexibility index (Phi) is 7.01. The highest BCUT2D eigenvalue weighted by Crippen LogP contribution is 2.22. The number of hydrogen-bond acceptors (Lipinski definition) is 5. The maximum atomic E-state index is 12.2. The molecule has 1 unspecified atom stereocenters. The van der Waals surface area contributed by atoms with E-state index in [0.717, 1.165) is 0 Å². The van der Waals surface area contributed by atoms with Gasteiger partial charge in [-0.2, -0.15) is 4.72 Å². The third kappa shape index (κ3) is 5.51. The van der Waals surface area contributed by atoms with Gasteiger partial charge in [-0.3, -0.25) is 4.79 Å². The van der Waals surface area contributed by atoms with E-state index in [-0.39, 0.29) is 10.0 Å². The molecule has 2 N–H and O–H groups in total. The second kappa shape index (κ2) is 8.04. The predicted octanol–water partition coefficient (Wildman–Crippen LogP) is 0.927. The molecular weight excluding hydrogens is 386 g/mol. The summed E-state index contributed by atoms with van der Waals surface area (Å²) in [5.41, 5.74) is 0. The molecule has 1 atom stereocenters. The first kappa shape index (κ1) is 18.3. The van der Waals surface area contributed by atoms with Crippen LogP contribution in [0.1, 0.15) is 6.92 Å². The van der Waals surface area contributed by atoms with Crippen molar-refractivity contribution >= 4 is 43.5 Å². The van der Waals surface area contributed by atoms with Gasteiger partial charge in [0.25, 0.3) is 0 Å². The Morgan fingerprint density at radius 3 is 2.86 bits per heavy atom. The van der Waals surface area contributed by atoms with Crippen LogP contribution in [-0.4, -0.2) is 45.6 Å². The molecule has 0 radical (unpaired) electrons. The SMILES string of the molecule is COCCNC(=O)C(C)NS(=O)(=O)c1cc(Br)cnc1Cl. The van der Waals surface area contributed by atoms with Crippen molar-refractivity contribution in [3.63, 3.8) is 0 Å². The summed E-state index contributed by atoms with van der Waals surface area (Å²) in [4.78, 5) is 15.3. The summed E-state index contributed by atoms with van der Waals surface area (Å²) in [5.74, 6) is -0.463. The van der Waals surface area contributed by atoms with Crippen molar-refractivity contribution < 1.29 is 17.9 Å². The number of ether oxygens (including phenoxy) is 1. The van der Waals surface area contributed by atoms with Crippen molar-refractivity contribution in [3.05, 3.63) is 21.9 Å². The standard InChI is InChI=1S/C11H15BrClN3O4S/c1-7(11(17)14-3-4-20-2)16-21(18,19)9-5-8(12)6-15-10(9)13/h5-7,16H,3-4H2,1-2H3,(H,14,17). The third-order valence-electron chi connectivity index (χ3n) is 2.39. The predicted molar refractivity (Wildman–Crippen MR) is 81.6 cm³/mol. The number of pyridine rings is 1. The number of rotatable bonds is 7.